The summed E-state index contributed by atoms with van der Waals surface area (Å²) in [5, 5.41) is 10.1. The lowest BCUT2D eigenvalue weighted by atomic mass is 10.1. The molecule has 1 N–H and O–H groups in total. The van der Waals surface area contributed by atoms with Gasteiger partial charge in [0.25, 0.3) is 0 Å². The minimum Gasteiger partial charge on any atom is -0.481 e. The van der Waals surface area contributed by atoms with Gasteiger partial charge in [0.1, 0.15) is 0 Å². The van der Waals surface area contributed by atoms with Crippen LogP contribution in [0, 0.1) is 0 Å². The van der Waals surface area contributed by atoms with E-state index in [4.69, 9.17) is 28.3 Å². The molecule has 0 aliphatic heterocycles. The summed E-state index contributed by atoms with van der Waals surface area (Å²) in [6.45, 7) is 4.22. The first kappa shape index (κ1) is 19.8. The molecule has 0 aromatic heterocycles. The molecule has 0 radical (unpaired) electrons. The van der Waals surface area contributed by atoms with Crippen LogP contribution in [0.3, 0.4) is 0 Å². The van der Waals surface area contributed by atoms with Crippen LogP contribution in [0.25, 0.3) is 0 Å². The van der Waals surface area contributed by atoms with E-state index in [1.165, 1.54) is 0 Å². The van der Waals surface area contributed by atoms with Gasteiger partial charge in [-0.2, -0.15) is 0 Å². The number of carboxylic acid groups (broad SMARTS) is 1. The normalized spacial score (nSPS) is 9.83. The van der Waals surface area contributed by atoms with Crippen molar-refractivity contribution in [1.82, 2.24) is 0 Å². The summed E-state index contributed by atoms with van der Waals surface area (Å²) in [6, 6.07) is 12.6. The molecule has 0 saturated carbocycles. The molecule has 0 amide bonds. The molecule has 0 bridgehead atoms. The fourth-order valence-corrected chi connectivity index (χ4v) is 2.87. The summed E-state index contributed by atoms with van der Waals surface area (Å²) < 4.78 is 0. The van der Waals surface area contributed by atoms with Gasteiger partial charge < -0.3 is 10.0 Å². The van der Waals surface area contributed by atoms with Gasteiger partial charge in [-0.1, -0.05) is 53.5 Å². The van der Waals surface area contributed by atoms with E-state index in [1.807, 2.05) is 23.1 Å². The Hall–Kier alpha value is -1.20. The Balaban J connectivity index is 0.00000264. The standard InChI is InChI=1S/C17H15Cl2NO2.Mg.2H/c1-2-10-20(17-13(18)7-5-8-14(17)19)15-9-4-3-6-12(15)11-16(21)22;;;/h2-9H,1,10-11H2,(H,21,22);;;. The van der Waals surface area contributed by atoms with Crippen LogP contribution >= 0.6 is 23.2 Å². The van der Waals surface area contributed by atoms with Gasteiger partial charge in [-0.15, -0.1) is 6.58 Å². The molecule has 0 spiro atoms. The van der Waals surface area contributed by atoms with Gasteiger partial charge >= 0.3 is 29.0 Å². The second kappa shape index (κ2) is 9.18. The summed E-state index contributed by atoms with van der Waals surface area (Å²) in [6.07, 6.45) is 1.64. The molecule has 0 heterocycles. The zero-order chi connectivity index (χ0) is 16.1. The van der Waals surface area contributed by atoms with Crippen LogP contribution in [0.4, 0.5) is 11.4 Å². The van der Waals surface area contributed by atoms with E-state index < -0.39 is 5.97 Å². The Morgan fingerprint density at radius 3 is 2.30 bits per heavy atom. The van der Waals surface area contributed by atoms with Gasteiger partial charge in [0.2, 0.25) is 0 Å². The molecule has 0 saturated heterocycles. The topological polar surface area (TPSA) is 40.5 Å². The molecule has 2 rings (SSSR count). The van der Waals surface area contributed by atoms with Crippen LogP contribution in [-0.2, 0) is 11.2 Å². The Bertz CT molecular complexity index is 686. The van der Waals surface area contributed by atoms with Crippen LogP contribution in [0.2, 0.25) is 10.0 Å². The van der Waals surface area contributed by atoms with Crippen LogP contribution in [0.5, 0.6) is 0 Å². The number of carboxylic acids is 1. The lowest BCUT2D eigenvalue weighted by Crippen LogP contribution is -2.20. The Labute approximate surface area is 161 Å². The number of aliphatic carboxylic acids is 1. The molecular formula is C17H17Cl2MgNO2. The van der Waals surface area contributed by atoms with Crippen molar-refractivity contribution in [1.29, 1.82) is 0 Å². The predicted octanol–water partition coefficient (Wildman–Crippen LogP) is 4.03. The highest BCUT2D eigenvalue weighted by Gasteiger charge is 2.18. The third kappa shape index (κ3) is 4.88. The van der Waals surface area contributed by atoms with Crippen molar-refractivity contribution < 1.29 is 9.90 Å². The number of para-hydroxylation sites is 2. The van der Waals surface area contributed by atoms with Crippen molar-refractivity contribution in [2.24, 2.45) is 0 Å². The highest BCUT2D eigenvalue weighted by molar-refractivity contribution is 6.39. The van der Waals surface area contributed by atoms with Crippen molar-refractivity contribution in [2.75, 3.05) is 11.4 Å². The molecule has 0 unspecified atom stereocenters. The molecule has 2 aromatic carbocycles. The second-order valence-corrected chi connectivity index (χ2v) is 5.48. The van der Waals surface area contributed by atoms with Crippen LogP contribution < -0.4 is 4.90 Å². The fraction of sp³-hybridized carbons (Fsp3) is 0.118. The molecule has 0 aliphatic rings. The van der Waals surface area contributed by atoms with Gasteiger partial charge in [0.15, 0.2) is 0 Å². The monoisotopic (exact) mass is 361 g/mol. The van der Waals surface area contributed by atoms with E-state index in [0.717, 1.165) is 5.69 Å². The average Bonchev–Trinajstić information content (AvgIpc) is 2.46. The van der Waals surface area contributed by atoms with E-state index >= 15 is 0 Å². The number of carbonyl (C=O) groups is 1. The lowest BCUT2D eigenvalue weighted by molar-refractivity contribution is -0.136. The molecule has 0 atom stereocenters. The first-order valence-corrected chi connectivity index (χ1v) is 7.42. The molecule has 3 nitrogen and oxygen atoms in total. The first-order valence-electron chi connectivity index (χ1n) is 6.66. The van der Waals surface area contributed by atoms with Gasteiger partial charge in [0, 0.05) is 12.2 Å². The highest BCUT2D eigenvalue weighted by Crippen LogP contribution is 2.39. The van der Waals surface area contributed by atoms with E-state index in [0.29, 0.717) is 27.8 Å². The molecular weight excluding hydrogens is 345 g/mol. The SMILES string of the molecule is C=CCN(c1ccccc1CC(=O)O)c1c(Cl)cccc1Cl.[MgH2]. The highest BCUT2D eigenvalue weighted by atomic mass is 35.5. The lowest BCUT2D eigenvalue weighted by Gasteiger charge is -2.27. The van der Waals surface area contributed by atoms with Crippen molar-refractivity contribution in [3.05, 3.63) is 70.7 Å². The summed E-state index contributed by atoms with van der Waals surface area (Å²) in [4.78, 5) is 13.0. The van der Waals surface area contributed by atoms with Crippen molar-refractivity contribution in [3.63, 3.8) is 0 Å². The van der Waals surface area contributed by atoms with E-state index in [1.54, 1.807) is 30.3 Å². The zero-order valence-corrected chi connectivity index (χ0v) is 13.3. The maximum atomic E-state index is 11.1. The second-order valence-electron chi connectivity index (χ2n) is 4.67. The van der Waals surface area contributed by atoms with E-state index in [-0.39, 0.29) is 29.5 Å². The molecule has 6 heteroatoms. The largest absolute Gasteiger partial charge is 0.481 e. The van der Waals surface area contributed by atoms with Gasteiger partial charge in [-0.3, -0.25) is 4.79 Å². The number of halogens is 2. The zero-order valence-electron chi connectivity index (χ0n) is 11.8. The minimum atomic E-state index is -0.892. The van der Waals surface area contributed by atoms with Gasteiger partial charge in [-0.25, -0.2) is 0 Å². The van der Waals surface area contributed by atoms with Crippen molar-refractivity contribution in [2.45, 2.75) is 6.42 Å². The third-order valence-electron chi connectivity index (χ3n) is 3.14. The number of nitrogens with zero attached hydrogens (tertiary/aromatic N) is 1. The van der Waals surface area contributed by atoms with Crippen molar-refractivity contribution in [3.8, 4) is 0 Å². The van der Waals surface area contributed by atoms with Crippen LogP contribution in [0.1, 0.15) is 5.56 Å². The van der Waals surface area contributed by atoms with E-state index in [9.17, 15) is 4.79 Å². The number of rotatable bonds is 6. The summed E-state index contributed by atoms with van der Waals surface area (Å²) in [7, 11) is 0. The Kier molecular flexibility index (Phi) is 7.92. The maximum absolute atomic E-state index is 11.1. The fourth-order valence-electron chi connectivity index (χ4n) is 2.27. The number of benzene rings is 2. The molecule has 118 valence electrons. The third-order valence-corrected chi connectivity index (χ3v) is 3.75. The van der Waals surface area contributed by atoms with Crippen LogP contribution in [-0.4, -0.2) is 40.7 Å². The molecule has 2 aromatic rings. The van der Waals surface area contributed by atoms with Gasteiger partial charge in [0.05, 0.1) is 22.2 Å². The summed E-state index contributed by atoms with van der Waals surface area (Å²) in [5.41, 5.74) is 2.08. The van der Waals surface area contributed by atoms with E-state index in [2.05, 4.69) is 6.58 Å². The molecule has 0 fully saturated rings. The summed E-state index contributed by atoms with van der Waals surface area (Å²) >= 11 is 12.6. The number of hydrogen-bond donors (Lipinski definition) is 1. The smallest absolute Gasteiger partial charge is 0.316 e. The van der Waals surface area contributed by atoms with Gasteiger partial charge in [-0.05, 0) is 23.8 Å². The average molecular weight is 363 g/mol. The Morgan fingerprint density at radius 1 is 1.13 bits per heavy atom. The molecule has 0 aliphatic carbocycles. The Morgan fingerprint density at radius 2 is 1.74 bits per heavy atom. The quantitative estimate of drug-likeness (QED) is 0.623. The first-order chi connectivity index (χ1) is 10.5. The number of anilines is 2. The van der Waals surface area contributed by atoms with Crippen LogP contribution in [0.15, 0.2) is 55.1 Å². The minimum absolute atomic E-state index is 0. The maximum Gasteiger partial charge on any atom is 0.316 e. The summed E-state index contributed by atoms with van der Waals surface area (Å²) in [5.74, 6) is -0.892. The molecule has 23 heavy (non-hydrogen) atoms. The predicted molar refractivity (Wildman–Crippen MR) is 100.0 cm³/mol. The van der Waals surface area contributed by atoms with Crippen molar-refractivity contribution >= 4 is 63.6 Å². The number of hydrogen-bond acceptors (Lipinski definition) is 2.